The molecule has 2 unspecified atom stereocenters. The molecule has 96 valence electrons. The molecule has 1 saturated carbocycles. The second-order valence-corrected chi connectivity index (χ2v) is 7.00. The Bertz CT molecular complexity index is 483. The quantitative estimate of drug-likeness (QED) is 0.751. The number of hydrogen-bond donors (Lipinski definition) is 0. The smallest absolute Gasteiger partial charge is 0.152 e. The Morgan fingerprint density at radius 3 is 2.89 bits per heavy atom. The fourth-order valence-corrected chi connectivity index (χ4v) is 4.36. The van der Waals surface area contributed by atoms with Crippen LogP contribution in [0.25, 0.3) is 0 Å². The Labute approximate surface area is 120 Å². The Morgan fingerprint density at radius 2 is 2.22 bits per heavy atom. The van der Waals surface area contributed by atoms with Crippen molar-refractivity contribution in [1.82, 2.24) is 0 Å². The van der Waals surface area contributed by atoms with Gasteiger partial charge in [0.25, 0.3) is 0 Å². The van der Waals surface area contributed by atoms with Gasteiger partial charge in [-0.05, 0) is 46.8 Å². The lowest BCUT2D eigenvalue weighted by molar-refractivity contribution is 0.394. The molecule has 1 aromatic carbocycles. The second-order valence-electron chi connectivity index (χ2n) is 4.86. The van der Waals surface area contributed by atoms with E-state index in [9.17, 15) is 4.39 Å². The van der Waals surface area contributed by atoms with Crippen LogP contribution in [0.5, 0.6) is 0 Å². The summed E-state index contributed by atoms with van der Waals surface area (Å²) >= 11 is 4.77. The van der Waals surface area contributed by atoms with E-state index >= 15 is 0 Å². The van der Waals surface area contributed by atoms with Crippen LogP contribution in [0.15, 0.2) is 21.5 Å². The summed E-state index contributed by atoms with van der Waals surface area (Å²) < 4.78 is 14.4. The highest BCUT2D eigenvalue weighted by Gasteiger charge is 2.22. The van der Waals surface area contributed by atoms with Crippen molar-refractivity contribution in [1.29, 1.82) is 5.26 Å². The van der Waals surface area contributed by atoms with E-state index in [0.717, 1.165) is 18.8 Å². The van der Waals surface area contributed by atoms with Gasteiger partial charge in [-0.25, -0.2) is 4.39 Å². The van der Waals surface area contributed by atoms with Crippen molar-refractivity contribution in [3.63, 3.8) is 0 Å². The van der Waals surface area contributed by atoms with Crippen molar-refractivity contribution in [3.05, 3.63) is 28.0 Å². The number of nitriles is 1. The molecule has 1 aliphatic rings. The summed E-state index contributed by atoms with van der Waals surface area (Å²) in [6.45, 7) is 2.26. The first-order chi connectivity index (χ1) is 8.61. The standard InChI is InChI=1S/C14H15BrFNS/c1-9-3-2-4-11(7-9)18-12-6-5-10(8-17)13(15)14(12)16/h5-6,9,11H,2-4,7H2,1H3. The molecule has 1 aromatic rings. The predicted octanol–water partition coefficient (Wildman–Crippen LogP) is 5.13. The van der Waals surface area contributed by atoms with E-state index in [0.29, 0.717) is 20.2 Å². The van der Waals surface area contributed by atoms with Crippen LogP contribution >= 0.6 is 27.7 Å². The largest absolute Gasteiger partial charge is 0.204 e. The Balaban J connectivity index is 2.15. The molecule has 0 N–H and O–H groups in total. The third kappa shape index (κ3) is 3.07. The van der Waals surface area contributed by atoms with Gasteiger partial charge in [0.15, 0.2) is 5.82 Å². The van der Waals surface area contributed by atoms with Crippen molar-refractivity contribution in [2.75, 3.05) is 0 Å². The first-order valence-corrected chi connectivity index (χ1v) is 7.84. The first kappa shape index (κ1) is 13.9. The molecule has 18 heavy (non-hydrogen) atoms. The van der Waals surface area contributed by atoms with Crippen LogP contribution in [0.1, 0.15) is 38.2 Å². The maximum atomic E-state index is 14.1. The van der Waals surface area contributed by atoms with Gasteiger partial charge in [0.05, 0.1) is 10.0 Å². The van der Waals surface area contributed by atoms with Gasteiger partial charge < -0.3 is 0 Å². The van der Waals surface area contributed by atoms with Crippen LogP contribution in [-0.2, 0) is 0 Å². The lowest BCUT2D eigenvalue weighted by atomic mass is 9.91. The molecule has 0 aromatic heterocycles. The van der Waals surface area contributed by atoms with E-state index < -0.39 is 0 Å². The topological polar surface area (TPSA) is 23.8 Å². The molecule has 2 rings (SSSR count). The summed E-state index contributed by atoms with van der Waals surface area (Å²) in [4.78, 5) is 0.653. The van der Waals surface area contributed by atoms with Gasteiger partial charge in [-0.1, -0.05) is 19.8 Å². The van der Waals surface area contributed by atoms with Crippen molar-refractivity contribution in [3.8, 4) is 6.07 Å². The first-order valence-electron chi connectivity index (χ1n) is 6.16. The van der Waals surface area contributed by atoms with Gasteiger partial charge in [0, 0.05) is 10.1 Å². The summed E-state index contributed by atoms with van der Waals surface area (Å²) in [5.41, 5.74) is 0.355. The van der Waals surface area contributed by atoms with E-state index in [1.807, 2.05) is 6.07 Å². The minimum atomic E-state index is -0.294. The van der Waals surface area contributed by atoms with Gasteiger partial charge >= 0.3 is 0 Å². The molecular weight excluding hydrogens is 313 g/mol. The molecule has 0 radical (unpaired) electrons. The molecule has 0 spiro atoms. The molecule has 2 atom stereocenters. The van der Waals surface area contributed by atoms with E-state index in [2.05, 4.69) is 22.9 Å². The van der Waals surface area contributed by atoms with Crippen LogP contribution in [0, 0.1) is 23.1 Å². The summed E-state index contributed by atoms with van der Waals surface area (Å²) in [5, 5.41) is 9.34. The second kappa shape index (κ2) is 6.08. The summed E-state index contributed by atoms with van der Waals surface area (Å²) in [6.07, 6.45) is 4.84. The molecule has 1 aliphatic carbocycles. The third-order valence-electron chi connectivity index (χ3n) is 3.35. The molecular formula is C14H15BrFNS. The highest BCUT2D eigenvalue weighted by atomic mass is 79.9. The van der Waals surface area contributed by atoms with Crippen LogP contribution in [0.3, 0.4) is 0 Å². The highest BCUT2D eigenvalue weighted by molar-refractivity contribution is 9.10. The normalized spacial score (nSPS) is 23.7. The molecule has 0 aliphatic heterocycles. The molecule has 0 bridgehead atoms. The van der Waals surface area contributed by atoms with Gasteiger partial charge in [0.2, 0.25) is 0 Å². The lowest BCUT2D eigenvalue weighted by Crippen LogP contribution is -2.15. The molecule has 1 fully saturated rings. The summed E-state index contributed by atoms with van der Waals surface area (Å²) in [5.74, 6) is 0.443. The number of nitrogens with zero attached hydrogens (tertiary/aromatic N) is 1. The third-order valence-corrected chi connectivity index (χ3v) is 5.46. The van der Waals surface area contributed by atoms with Crippen molar-refractivity contribution in [2.24, 2.45) is 5.92 Å². The van der Waals surface area contributed by atoms with Crippen LogP contribution < -0.4 is 0 Å². The minimum absolute atomic E-state index is 0.291. The van der Waals surface area contributed by atoms with Crippen LogP contribution in [-0.4, -0.2) is 5.25 Å². The fourth-order valence-electron chi connectivity index (χ4n) is 2.37. The van der Waals surface area contributed by atoms with Gasteiger partial charge in [0.1, 0.15) is 6.07 Å². The lowest BCUT2D eigenvalue weighted by Gasteiger charge is -2.26. The van der Waals surface area contributed by atoms with Crippen LogP contribution in [0.4, 0.5) is 4.39 Å². The maximum Gasteiger partial charge on any atom is 0.152 e. The van der Waals surface area contributed by atoms with Crippen molar-refractivity contribution in [2.45, 2.75) is 42.8 Å². The molecule has 0 saturated heterocycles. The van der Waals surface area contributed by atoms with E-state index in [1.165, 1.54) is 12.8 Å². The summed E-state index contributed by atoms with van der Waals surface area (Å²) in [7, 11) is 0. The SMILES string of the molecule is CC1CCCC(Sc2ccc(C#N)c(Br)c2F)C1. The monoisotopic (exact) mass is 327 g/mol. The zero-order valence-electron chi connectivity index (χ0n) is 10.2. The van der Waals surface area contributed by atoms with E-state index in [-0.39, 0.29) is 5.82 Å². The Kier molecular flexibility index (Phi) is 4.69. The molecule has 4 heteroatoms. The number of hydrogen-bond acceptors (Lipinski definition) is 2. The zero-order valence-corrected chi connectivity index (χ0v) is 12.7. The van der Waals surface area contributed by atoms with E-state index in [1.54, 1.807) is 23.9 Å². The summed E-state index contributed by atoms with van der Waals surface area (Å²) in [6, 6.07) is 5.38. The van der Waals surface area contributed by atoms with Gasteiger partial charge in [-0.2, -0.15) is 5.26 Å². The predicted molar refractivity (Wildman–Crippen MR) is 76.1 cm³/mol. The number of benzene rings is 1. The molecule has 1 nitrogen and oxygen atoms in total. The van der Waals surface area contributed by atoms with Crippen molar-refractivity contribution >= 4 is 27.7 Å². The molecule has 0 heterocycles. The Hall–Kier alpha value is -0.530. The average Bonchev–Trinajstić information content (AvgIpc) is 2.35. The van der Waals surface area contributed by atoms with Gasteiger partial charge in [-0.15, -0.1) is 11.8 Å². The number of halogens is 2. The average molecular weight is 328 g/mol. The van der Waals surface area contributed by atoms with Crippen LogP contribution in [0.2, 0.25) is 0 Å². The highest BCUT2D eigenvalue weighted by Crippen LogP contribution is 2.38. The van der Waals surface area contributed by atoms with Gasteiger partial charge in [-0.3, -0.25) is 0 Å². The molecule has 0 amide bonds. The Morgan fingerprint density at radius 1 is 1.44 bits per heavy atom. The maximum absolute atomic E-state index is 14.1. The minimum Gasteiger partial charge on any atom is -0.204 e. The fraction of sp³-hybridized carbons (Fsp3) is 0.500. The zero-order chi connectivity index (χ0) is 13.1. The van der Waals surface area contributed by atoms with Crippen molar-refractivity contribution < 1.29 is 4.39 Å². The number of thioether (sulfide) groups is 1. The van der Waals surface area contributed by atoms with E-state index in [4.69, 9.17) is 5.26 Å². The number of rotatable bonds is 2.